The summed E-state index contributed by atoms with van der Waals surface area (Å²) in [7, 11) is 1.68. The Morgan fingerprint density at radius 3 is 2.35 bits per heavy atom. The van der Waals surface area contributed by atoms with E-state index in [1.54, 1.807) is 7.05 Å². The van der Waals surface area contributed by atoms with E-state index >= 15 is 0 Å². The Kier molecular flexibility index (Phi) is 8.25. The molecule has 0 aliphatic carbocycles. The third-order valence-electron chi connectivity index (χ3n) is 7.24. The van der Waals surface area contributed by atoms with Crippen LogP contribution in [0, 0.1) is 5.92 Å². The van der Waals surface area contributed by atoms with Crippen molar-refractivity contribution in [1.29, 1.82) is 0 Å². The molecule has 34 heavy (non-hydrogen) atoms. The van der Waals surface area contributed by atoms with Crippen molar-refractivity contribution in [1.82, 2.24) is 19.1 Å². The number of nitrogens with one attached hydrogen (secondary N) is 1. The molecule has 1 aromatic carbocycles. The Morgan fingerprint density at radius 2 is 1.65 bits per heavy atom. The molecule has 184 valence electrons. The van der Waals surface area contributed by atoms with E-state index in [0.717, 1.165) is 57.7 Å². The molecule has 1 N–H and O–H groups in total. The SMILES string of the molecule is CCCCCCCCCn1c(N2CCC(Cc3ccccc3)CC2)nc2c1c(=O)[nH]c(=O)n2C. The van der Waals surface area contributed by atoms with Gasteiger partial charge in [0.1, 0.15) is 0 Å². The Balaban J connectivity index is 1.49. The number of aromatic nitrogens is 4. The summed E-state index contributed by atoms with van der Waals surface area (Å²) in [5.41, 5.74) is 1.66. The van der Waals surface area contributed by atoms with Gasteiger partial charge < -0.3 is 9.47 Å². The lowest BCUT2D eigenvalue weighted by Crippen LogP contribution is -2.36. The Hall–Kier alpha value is -2.83. The molecule has 0 bridgehead atoms. The average Bonchev–Trinajstić information content (AvgIpc) is 3.23. The summed E-state index contributed by atoms with van der Waals surface area (Å²) in [4.78, 5) is 34.6. The molecule has 3 heterocycles. The fourth-order valence-corrected chi connectivity index (χ4v) is 5.19. The van der Waals surface area contributed by atoms with E-state index in [-0.39, 0.29) is 5.56 Å². The summed E-state index contributed by atoms with van der Waals surface area (Å²) in [5, 5.41) is 0. The maximum Gasteiger partial charge on any atom is 0.329 e. The van der Waals surface area contributed by atoms with Crippen LogP contribution in [0.2, 0.25) is 0 Å². The van der Waals surface area contributed by atoms with Crippen LogP contribution in [-0.4, -0.2) is 32.2 Å². The molecule has 1 saturated heterocycles. The fraction of sp³-hybridized carbons (Fsp3) is 0.593. The minimum Gasteiger partial charge on any atom is -0.342 e. The maximum absolute atomic E-state index is 12.8. The first-order chi connectivity index (χ1) is 16.6. The van der Waals surface area contributed by atoms with Crippen molar-refractivity contribution < 1.29 is 0 Å². The van der Waals surface area contributed by atoms with E-state index in [0.29, 0.717) is 17.1 Å². The van der Waals surface area contributed by atoms with Crippen molar-refractivity contribution in [3.63, 3.8) is 0 Å². The molecule has 4 rings (SSSR count). The summed E-state index contributed by atoms with van der Waals surface area (Å²) in [5.74, 6) is 1.50. The largest absolute Gasteiger partial charge is 0.342 e. The van der Waals surface area contributed by atoms with Crippen molar-refractivity contribution in [2.24, 2.45) is 13.0 Å². The minimum atomic E-state index is -0.411. The van der Waals surface area contributed by atoms with Crippen molar-refractivity contribution in [2.45, 2.75) is 77.7 Å². The number of nitrogens with zero attached hydrogens (tertiary/aromatic N) is 4. The van der Waals surface area contributed by atoms with E-state index in [1.807, 2.05) is 0 Å². The summed E-state index contributed by atoms with van der Waals surface area (Å²) >= 11 is 0. The lowest BCUT2D eigenvalue weighted by atomic mass is 9.90. The monoisotopic (exact) mass is 465 g/mol. The number of rotatable bonds is 11. The average molecular weight is 466 g/mol. The maximum atomic E-state index is 12.8. The molecule has 0 amide bonds. The van der Waals surface area contributed by atoms with Crippen molar-refractivity contribution in [3.8, 4) is 0 Å². The number of anilines is 1. The van der Waals surface area contributed by atoms with Gasteiger partial charge in [0.15, 0.2) is 11.2 Å². The quantitative estimate of drug-likeness (QED) is 0.419. The topological polar surface area (TPSA) is 75.9 Å². The van der Waals surface area contributed by atoms with Crippen LogP contribution >= 0.6 is 0 Å². The van der Waals surface area contributed by atoms with Crippen molar-refractivity contribution >= 4 is 17.1 Å². The molecule has 7 heteroatoms. The summed E-state index contributed by atoms with van der Waals surface area (Å²) in [6.45, 7) is 4.83. The third kappa shape index (κ3) is 5.62. The molecular formula is C27H39N5O2. The Morgan fingerprint density at radius 1 is 0.971 bits per heavy atom. The standard InChI is InChI=1S/C27H39N5O2/c1-3-4-5-6-7-8-12-17-32-23-24(30(2)27(34)29-25(23)33)28-26(32)31-18-15-22(16-19-31)20-21-13-10-9-11-14-21/h9-11,13-14,22H,3-8,12,15-20H2,1-2H3,(H,29,33,34). The van der Waals surface area contributed by atoms with Gasteiger partial charge in [0, 0.05) is 26.7 Å². The first-order valence-electron chi connectivity index (χ1n) is 13.1. The highest BCUT2D eigenvalue weighted by molar-refractivity contribution is 5.74. The number of H-pyrrole nitrogens is 1. The predicted molar refractivity (Wildman–Crippen MR) is 139 cm³/mol. The van der Waals surface area contributed by atoms with E-state index in [1.165, 1.54) is 42.2 Å². The van der Waals surface area contributed by atoms with Crippen LogP contribution in [0.25, 0.3) is 11.2 Å². The first kappa shape index (κ1) is 24.3. The van der Waals surface area contributed by atoms with Crippen LogP contribution in [0.5, 0.6) is 0 Å². The van der Waals surface area contributed by atoms with Gasteiger partial charge in [0.2, 0.25) is 5.95 Å². The van der Waals surface area contributed by atoms with Crippen molar-refractivity contribution in [2.75, 3.05) is 18.0 Å². The number of benzene rings is 1. The van der Waals surface area contributed by atoms with E-state index in [4.69, 9.17) is 4.98 Å². The van der Waals surface area contributed by atoms with Crippen LogP contribution in [0.1, 0.15) is 70.3 Å². The van der Waals surface area contributed by atoms with E-state index < -0.39 is 5.69 Å². The minimum absolute atomic E-state index is 0.334. The van der Waals surface area contributed by atoms with Gasteiger partial charge in [-0.05, 0) is 37.2 Å². The smallest absolute Gasteiger partial charge is 0.329 e. The third-order valence-corrected chi connectivity index (χ3v) is 7.24. The Bertz CT molecular complexity index is 1170. The molecule has 0 unspecified atom stereocenters. The number of hydrogen-bond donors (Lipinski definition) is 1. The fourth-order valence-electron chi connectivity index (χ4n) is 5.19. The second-order valence-electron chi connectivity index (χ2n) is 9.80. The van der Waals surface area contributed by atoms with Crippen LogP contribution in [0.3, 0.4) is 0 Å². The molecule has 0 saturated carbocycles. The molecule has 1 fully saturated rings. The lowest BCUT2D eigenvalue weighted by molar-refractivity contribution is 0.397. The van der Waals surface area contributed by atoms with Gasteiger partial charge in [0.05, 0.1) is 0 Å². The highest BCUT2D eigenvalue weighted by atomic mass is 16.2. The normalized spacial score (nSPS) is 14.8. The van der Waals surface area contributed by atoms with Gasteiger partial charge in [-0.1, -0.05) is 75.8 Å². The van der Waals surface area contributed by atoms with Gasteiger partial charge in [-0.15, -0.1) is 0 Å². The van der Waals surface area contributed by atoms with Crippen LogP contribution < -0.4 is 16.1 Å². The summed E-state index contributed by atoms with van der Waals surface area (Å²) < 4.78 is 3.53. The molecule has 3 aromatic rings. The Labute approximate surface area is 201 Å². The molecule has 2 aromatic heterocycles. The lowest BCUT2D eigenvalue weighted by Gasteiger charge is -2.33. The number of fused-ring (bicyclic) bond motifs is 1. The highest BCUT2D eigenvalue weighted by Crippen LogP contribution is 2.27. The summed E-state index contributed by atoms with van der Waals surface area (Å²) in [6.07, 6.45) is 11.8. The molecule has 0 radical (unpaired) electrons. The number of hydrogen-bond acceptors (Lipinski definition) is 4. The van der Waals surface area contributed by atoms with Crippen LogP contribution in [0.15, 0.2) is 39.9 Å². The van der Waals surface area contributed by atoms with Crippen LogP contribution in [0.4, 0.5) is 5.95 Å². The molecular weight excluding hydrogens is 426 g/mol. The van der Waals surface area contributed by atoms with Gasteiger partial charge >= 0.3 is 5.69 Å². The van der Waals surface area contributed by atoms with E-state index in [2.05, 4.69) is 51.7 Å². The first-order valence-corrected chi connectivity index (χ1v) is 13.1. The zero-order chi connectivity index (χ0) is 23.9. The zero-order valence-corrected chi connectivity index (χ0v) is 20.8. The molecule has 0 spiro atoms. The molecule has 1 aliphatic heterocycles. The zero-order valence-electron chi connectivity index (χ0n) is 20.8. The van der Waals surface area contributed by atoms with Gasteiger partial charge in [0.25, 0.3) is 5.56 Å². The van der Waals surface area contributed by atoms with Gasteiger partial charge in [-0.2, -0.15) is 4.98 Å². The van der Waals surface area contributed by atoms with Crippen molar-refractivity contribution in [3.05, 3.63) is 56.7 Å². The molecule has 0 atom stereocenters. The number of imidazole rings is 1. The number of piperidine rings is 1. The predicted octanol–water partition coefficient (Wildman–Crippen LogP) is 4.63. The second-order valence-corrected chi connectivity index (χ2v) is 9.80. The van der Waals surface area contributed by atoms with E-state index in [9.17, 15) is 9.59 Å². The number of unbranched alkanes of at least 4 members (excludes halogenated alkanes) is 6. The summed E-state index contributed by atoms with van der Waals surface area (Å²) in [6, 6.07) is 10.7. The van der Waals surface area contributed by atoms with Gasteiger partial charge in [-0.25, -0.2) is 4.79 Å². The number of aromatic amines is 1. The second kappa shape index (κ2) is 11.5. The van der Waals surface area contributed by atoms with Crippen LogP contribution in [-0.2, 0) is 20.0 Å². The highest BCUT2D eigenvalue weighted by Gasteiger charge is 2.25. The van der Waals surface area contributed by atoms with Gasteiger partial charge in [-0.3, -0.25) is 14.3 Å². The molecule has 1 aliphatic rings. The molecule has 7 nitrogen and oxygen atoms in total. The number of aryl methyl sites for hydroxylation is 2.